The number of halogens is 3. The maximum absolute atomic E-state index is 13.0. The molecule has 0 amide bonds. The van der Waals surface area contributed by atoms with Crippen LogP contribution >= 0.6 is 0 Å². The summed E-state index contributed by atoms with van der Waals surface area (Å²) in [6.07, 6.45) is 0.0462. The van der Waals surface area contributed by atoms with Gasteiger partial charge in [-0.25, -0.2) is 15.0 Å². The molecule has 0 bridgehead atoms. The fourth-order valence-corrected chi connectivity index (χ4v) is 4.95. The third-order valence-corrected chi connectivity index (χ3v) is 6.63. The molecular weight excluding hydrogens is 441 g/mol. The largest absolute Gasteiger partial charge is 0.416 e. The maximum atomic E-state index is 13.0. The number of alkyl halides is 3. The zero-order valence-electron chi connectivity index (χ0n) is 19.4. The number of benzene rings is 1. The molecule has 3 aromatic rings. The molecule has 34 heavy (non-hydrogen) atoms. The van der Waals surface area contributed by atoms with Gasteiger partial charge < -0.3 is 9.88 Å². The van der Waals surface area contributed by atoms with Gasteiger partial charge >= 0.3 is 6.18 Å². The van der Waals surface area contributed by atoms with Crippen LogP contribution < -0.4 is 5.32 Å². The van der Waals surface area contributed by atoms with E-state index in [1.165, 1.54) is 35.3 Å². The van der Waals surface area contributed by atoms with Crippen molar-refractivity contribution in [2.75, 3.05) is 11.9 Å². The fraction of sp³-hybridized carbons (Fsp3) is 0.440. The summed E-state index contributed by atoms with van der Waals surface area (Å²) in [5.41, 5.74) is 5.27. The molecule has 0 fully saturated rings. The fourth-order valence-electron chi connectivity index (χ4n) is 4.95. The molecule has 1 unspecified atom stereocenters. The maximum Gasteiger partial charge on any atom is 0.416 e. The molecule has 3 heterocycles. The molecule has 0 radical (unpaired) electrons. The normalized spacial score (nSPS) is 18.6. The molecule has 9 heteroatoms. The Balaban J connectivity index is 1.46. The Labute approximate surface area is 196 Å². The van der Waals surface area contributed by atoms with Crippen molar-refractivity contribution in [1.82, 2.24) is 19.5 Å². The van der Waals surface area contributed by atoms with Gasteiger partial charge in [-0.1, -0.05) is 26.0 Å². The van der Waals surface area contributed by atoms with Crippen LogP contribution in [0.15, 0.2) is 46.7 Å². The van der Waals surface area contributed by atoms with Crippen molar-refractivity contribution in [1.29, 1.82) is 0 Å². The van der Waals surface area contributed by atoms with Crippen LogP contribution in [0.1, 0.15) is 45.6 Å². The van der Waals surface area contributed by atoms with Crippen LogP contribution in [0.3, 0.4) is 0 Å². The molecule has 6 nitrogen and oxygen atoms in total. The number of nitrogens with one attached hydrogen (secondary N) is 1. The highest BCUT2D eigenvalue weighted by Crippen LogP contribution is 2.35. The third kappa shape index (κ3) is 3.97. The molecule has 2 aliphatic rings. The topological polar surface area (TPSA) is 68.0 Å². The molecule has 5 rings (SSSR count). The average molecular weight is 469 g/mol. The number of nitrogens with zero attached hydrogens (tertiary/aromatic N) is 5. The van der Waals surface area contributed by atoms with Crippen molar-refractivity contribution < 1.29 is 13.2 Å². The SMILES string of the molecule is CCn1c(-c2ccc(C(F)(F)F)cc2)nc2c(NC3CCC4=C(C3)C(C(C)C)=NC4)ncnc21. The van der Waals surface area contributed by atoms with Gasteiger partial charge in [-0.15, -0.1) is 0 Å². The predicted octanol–water partition coefficient (Wildman–Crippen LogP) is 5.90. The monoisotopic (exact) mass is 468 g/mol. The Morgan fingerprint density at radius 2 is 1.91 bits per heavy atom. The summed E-state index contributed by atoms with van der Waals surface area (Å²) >= 11 is 0. The highest BCUT2D eigenvalue weighted by atomic mass is 19.4. The van der Waals surface area contributed by atoms with E-state index in [4.69, 9.17) is 9.98 Å². The van der Waals surface area contributed by atoms with Crippen LogP contribution in [0.2, 0.25) is 0 Å². The summed E-state index contributed by atoms with van der Waals surface area (Å²) in [7, 11) is 0. The van der Waals surface area contributed by atoms with Crippen LogP contribution in [0.4, 0.5) is 19.0 Å². The summed E-state index contributed by atoms with van der Waals surface area (Å²) in [4.78, 5) is 18.4. The Bertz CT molecular complexity index is 1280. The van der Waals surface area contributed by atoms with E-state index in [9.17, 15) is 13.2 Å². The Hall–Kier alpha value is -3.23. The first-order valence-electron chi connectivity index (χ1n) is 11.7. The van der Waals surface area contributed by atoms with Crippen LogP contribution in [-0.2, 0) is 12.7 Å². The van der Waals surface area contributed by atoms with E-state index in [2.05, 4.69) is 29.1 Å². The number of hydrogen-bond donors (Lipinski definition) is 1. The zero-order valence-corrected chi connectivity index (χ0v) is 19.4. The summed E-state index contributed by atoms with van der Waals surface area (Å²) in [5, 5.41) is 3.58. The number of aliphatic imine (C=N–C) groups is 1. The highest BCUT2D eigenvalue weighted by molar-refractivity contribution is 6.04. The molecule has 1 N–H and O–H groups in total. The number of rotatable bonds is 5. The van der Waals surface area contributed by atoms with Crippen LogP contribution in [-0.4, -0.2) is 37.8 Å². The number of anilines is 1. The number of imidazole rings is 1. The number of hydrogen-bond acceptors (Lipinski definition) is 5. The summed E-state index contributed by atoms with van der Waals surface area (Å²) in [5.74, 6) is 1.64. The van der Waals surface area contributed by atoms with Gasteiger partial charge in [0.1, 0.15) is 12.2 Å². The molecular formula is C25H27F3N6. The van der Waals surface area contributed by atoms with Gasteiger partial charge in [0, 0.05) is 23.9 Å². The van der Waals surface area contributed by atoms with Crippen LogP contribution in [0.5, 0.6) is 0 Å². The van der Waals surface area contributed by atoms with Gasteiger partial charge in [0.15, 0.2) is 17.0 Å². The number of aryl methyl sites for hydroxylation is 1. The Morgan fingerprint density at radius 3 is 2.59 bits per heavy atom. The molecule has 1 aliphatic heterocycles. The van der Waals surface area contributed by atoms with Gasteiger partial charge in [0.25, 0.3) is 0 Å². The minimum absolute atomic E-state index is 0.209. The first kappa shape index (κ1) is 22.6. The summed E-state index contributed by atoms with van der Waals surface area (Å²) < 4.78 is 40.9. The van der Waals surface area contributed by atoms with Gasteiger partial charge in [-0.3, -0.25) is 4.99 Å². The predicted molar refractivity (Wildman–Crippen MR) is 127 cm³/mol. The van der Waals surface area contributed by atoms with Crippen molar-refractivity contribution in [2.45, 2.75) is 58.8 Å². The Kier molecular flexibility index (Phi) is 5.65. The summed E-state index contributed by atoms with van der Waals surface area (Å²) in [6.45, 7) is 7.73. The molecule has 1 atom stereocenters. The van der Waals surface area contributed by atoms with E-state index in [-0.39, 0.29) is 6.04 Å². The minimum Gasteiger partial charge on any atom is -0.365 e. The number of aromatic nitrogens is 4. The zero-order chi connectivity index (χ0) is 24.0. The molecule has 0 saturated carbocycles. The second-order valence-corrected chi connectivity index (χ2v) is 9.17. The highest BCUT2D eigenvalue weighted by Gasteiger charge is 2.31. The molecule has 1 aromatic carbocycles. The standard InChI is InChI=1S/C25H27F3N6/c1-4-34-23(15-5-8-17(9-6-15)25(26,27)28)33-21-22(30-13-31-24(21)34)32-18-10-7-16-12-29-20(14(2)3)19(16)11-18/h5-6,8-9,13-14,18H,4,7,10-12H2,1-3H3,(H,30,31,32). The van der Waals surface area contributed by atoms with Crippen molar-refractivity contribution in [3.63, 3.8) is 0 Å². The van der Waals surface area contributed by atoms with Gasteiger partial charge in [0.05, 0.1) is 12.1 Å². The van der Waals surface area contributed by atoms with Gasteiger partial charge in [-0.05, 0) is 55.4 Å². The first-order chi connectivity index (χ1) is 16.3. The van der Waals surface area contributed by atoms with E-state index in [1.54, 1.807) is 0 Å². The van der Waals surface area contributed by atoms with Crippen LogP contribution in [0.25, 0.3) is 22.6 Å². The lowest BCUT2D eigenvalue weighted by molar-refractivity contribution is -0.137. The lowest BCUT2D eigenvalue weighted by Crippen LogP contribution is -2.27. The van der Waals surface area contributed by atoms with Crippen molar-refractivity contribution in [2.24, 2.45) is 10.9 Å². The minimum atomic E-state index is -4.37. The van der Waals surface area contributed by atoms with Crippen molar-refractivity contribution in [3.8, 4) is 11.4 Å². The summed E-state index contributed by atoms with van der Waals surface area (Å²) in [6, 6.07) is 5.29. The second kappa shape index (κ2) is 8.52. The van der Waals surface area contributed by atoms with Crippen LogP contribution in [0, 0.1) is 5.92 Å². The third-order valence-electron chi connectivity index (χ3n) is 6.63. The van der Waals surface area contributed by atoms with Crippen molar-refractivity contribution in [3.05, 3.63) is 47.3 Å². The van der Waals surface area contributed by atoms with Gasteiger partial charge in [-0.2, -0.15) is 13.2 Å². The second-order valence-electron chi connectivity index (χ2n) is 9.17. The van der Waals surface area contributed by atoms with E-state index in [0.29, 0.717) is 40.8 Å². The first-order valence-corrected chi connectivity index (χ1v) is 11.7. The molecule has 0 spiro atoms. The van der Waals surface area contributed by atoms with Gasteiger partial charge in [0.2, 0.25) is 0 Å². The lowest BCUT2D eigenvalue weighted by atomic mass is 9.85. The van der Waals surface area contributed by atoms with E-state index in [1.807, 2.05) is 11.5 Å². The van der Waals surface area contributed by atoms with E-state index >= 15 is 0 Å². The number of fused-ring (bicyclic) bond motifs is 1. The molecule has 1 aliphatic carbocycles. The van der Waals surface area contributed by atoms with Crippen molar-refractivity contribution >= 4 is 22.7 Å². The Morgan fingerprint density at radius 1 is 1.15 bits per heavy atom. The quantitative estimate of drug-likeness (QED) is 0.506. The van der Waals surface area contributed by atoms with E-state index in [0.717, 1.165) is 37.9 Å². The smallest absolute Gasteiger partial charge is 0.365 e. The molecule has 178 valence electrons. The molecule has 0 saturated heterocycles. The molecule has 2 aromatic heterocycles. The lowest BCUT2D eigenvalue weighted by Gasteiger charge is -2.26. The van der Waals surface area contributed by atoms with E-state index < -0.39 is 11.7 Å². The average Bonchev–Trinajstić information content (AvgIpc) is 3.40.